The summed E-state index contributed by atoms with van der Waals surface area (Å²) in [7, 11) is 1.65. The van der Waals surface area contributed by atoms with E-state index in [0.29, 0.717) is 13.0 Å². The molecule has 2 N–H and O–H groups in total. The van der Waals surface area contributed by atoms with Crippen LogP contribution in [0.3, 0.4) is 0 Å². The van der Waals surface area contributed by atoms with Crippen molar-refractivity contribution >= 4 is 11.6 Å². The summed E-state index contributed by atoms with van der Waals surface area (Å²) < 4.78 is 5.41. The number of ether oxygens (including phenoxy) is 1. The quantitative estimate of drug-likeness (QED) is 0.902. The average Bonchev–Trinajstić information content (AvgIpc) is 2.45. The van der Waals surface area contributed by atoms with Crippen molar-refractivity contribution in [2.75, 3.05) is 25.1 Å². The first kappa shape index (κ1) is 13.9. The number of benzene rings is 1. The molecule has 0 bridgehead atoms. The van der Waals surface area contributed by atoms with Gasteiger partial charge in [-0.2, -0.15) is 0 Å². The summed E-state index contributed by atoms with van der Waals surface area (Å²) in [6.07, 6.45) is 2.50. The molecule has 4 nitrogen and oxygen atoms in total. The van der Waals surface area contributed by atoms with E-state index in [1.54, 1.807) is 7.11 Å². The molecule has 1 heterocycles. The maximum Gasteiger partial charge on any atom is 0.227 e. The van der Waals surface area contributed by atoms with E-state index in [1.807, 2.05) is 24.0 Å². The molecule has 0 aromatic heterocycles. The zero-order valence-corrected chi connectivity index (χ0v) is 11.7. The van der Waals surface area contributed by atoms with E-state index in [9.17, 15) is 4.79 Å². The second kappa shape index (κ2) is 6.06. The number of hydrogen-bond donors (Lipinski definition) is 1. The zero-order valence-electron chi connectivity index (χ0n) is 11.7. The van der Waals surface area contributed by atoms with Crippen LogP contribution in [-0.2, 0) is 11.2 Å². The van der Waals surface area contributed by atoms with Gasteiger partial charge in [0.05, 0.1) is 12.8 Å². The maximum atomic E-state index is 12.4. The summed E-state index contributed by atoms with van der Waals surface area (Å²) in [6, 6.07) is 5.97. The maximum absolute atomic E-state index is 12.4. The summed E-state index contributed by atoms with van der Waals surface area (Å²) >= 11 is 0. The van der Waals surface area contributed by atoms with Crippen molar-refractivity contribution in [1.29, 1.82) is 0 Å². The van der Waals surface area contributed by atoms with Gasteiger partial charge in [-0.3, -0.25) is 4.79 Å². The summed E-state index contributed by atoms with van der Waals surface area (Å²) in [5.74, 6) is 1.14. The fourth-order valence-electron chi connectivity index (χ4n) is 2.52. The van der Waals surface area contributed by atoms with Crippen molar-refractivity contribution in [1.82, 2.24) is 0 Å². The fraction of sp³-hybridized carbons (Fsp3) is 0.533. The van der Waals surface area contributed by atoms with Gasteiger partial charge < -0.3 is 15.4 Å². The average molecular weight is 262 g/mol. The Morgan fingerprint density at radius 3 is 3.00 bits per heavy atom. The van der Waals surface area contributed by atoms with Gasteiger partial charge in [0.1, 0.15) is 5.75 Å². The second-order valence-corrected chi connectivity index (χ2v) is 5.16. The summed E-state index contributed by atoms with van der Waals surface area (Å²) in [6.45, 7) is 3.31. The van der Waals surface area contributed by atoms with Crippen LogP contribution in [0.2, 0.25) is 0 Å². The van der Waals surface area contributed by atoms with Gasteiger partial charge in [-0.15, -0.1) is 0 Å². The van der Waals surface area contributed by atoms with Crippen LogP contribution in [-0.4, -0.2) is 26.1 Å². The van der Waals surface area contributed by atoms with E-state index in [0.717, 1.165) is 30.8 Å². The van der Waals surface area contributed by atoms with Gasteiger partial charge in [0.25, 0.3) is 0 Å². The van der Waals surface area contributed by atoms with E-state index in [4.69, 9.17) is 10.5 Å². The Morgan fingerprint density at radius 2 is 2.32 bits per heavy atom. The number of fused-ring (bicyclic) bond motifs is 1. The molecule has 1 amide bonds. The Kier molecular flexibility index (Phi) is 4.43. The second-order valence-electron chi connectivity index (χ2n) is 5.16. The molecule has 1 aromatic rings. The summed E-state index contributed by atoms with van der Waals surface area (Å²) in [4.78, 5) is 14.3. The van der Waals surface area contributed by atoms with Crippen molar-refractivity contribution < 1.29 is 9.53 Å². The van der Waals surface area contributed by atoms with Crippen LogP contribution in [0.1, 0.15) is 25.3 Å². The van der Waals surface area contributed by atoms with E-state index in [2.05, 4.69) is 6.07 Å². The first-order valence-electron chi connectivity index (χ1n) is 6.83. The third kappa shape index (κ3) is 2.89. The predicted octanol–water partition coefficient (Wildman–Crippen LogP) is 1.96. The fourth-order valence-corrected chi connectivity index (χ4v) is 2.52. The lowest BCUT2D eigenvalue weighted by Gasteiger charge is -2.31. The van der Waals surface area contributed by atoms with Gasteiger partial charge in [0.2, 0.25) is 5.91 Å². The molecule has 1 atom stereocenters. The largest absolute Gasteiger partial charge is 0.495 e. The lowest BCUT2D eigenvalue weighted by atomic mass is 9.99. The highest BCUT2D eigenvalue weighted by Gasteiger charge is 2.26. The normalized spacial score (nSPS) is 15.8. The molecular formula is C15H22N2O2. The lowest BCUT2D eigenvalue weighted by Crippen LogP contribution is -2.37. The van der Waals surface area contributed by atoms with Gasteiger partial charge >= 0.3 is 0 Å². The Balaban J connectivity index is 2.28. The molecule has 0 saturated carbocycles. The number of amides is 1. The highest BCUT2D eigenvalue weighted by atomic mass is 16.5. The molecule has 0 spiro atoms. The third-order valence-corrected chi connectivity index (χ3v) is 3.63. The van der Waals surface area contributed by atoms with Gasteiger partial charge in [-0.25, -0.2) is 0 Å². The minimum atomic E-state index is 0.142. The van der Waals surface area contributed by atoms with Crippen LogP contribution in [0.5, 0.6) is 5.75 Å². The monoisotopic (exact) mass is 262 g/mol. The van der Waals surface area contributed by atoms with Crippen molar-refractivity contribution in [3.8, 4) is 5.75 Å². The standard InChI is InChI=1S/C15H22N2O2/c1-11(10-16)9-14(18)17-8-4-6-12-5-3-7-13(19-2)15(12)17/h3,5,7,11H,4,6,8-10,16H2,1-2H3. The number of nitrogens with two attached hydrogens (primary N) is 1. The first-order valence-corrected chi connectivity index (χ1v) is 6.83. The highest BCUT2D eigenvalue weighted by Crippen LogP contribution is 2.36. The molecule has 4 heteroatoms. The highest BCUT2D eigenvalue weighted by molar-refractivity contribution is 5.96. The number of carbonyl (C=O) groups is 1. The van der Waals surface area contributed by atoms with Crippen molar-refractivity contribution in [3.63, 3.8) is 0 Å². The molecule has 1 aliphatic rings. The first-order chi connectivity index (χ1) is 9.17. The SMILES string of the molecule is COc1cccc2c1N(C(=O)CC(C)CN)CCC2. The zero-order chi connectivity index (χ0) is 13.8. The van der Waals surface area contributed by atoms with Crippen LogP contribution in [0.25, 0.3) is 0 Å². The number of carbonyl (C=O) groups excluding carboxylic acids is 1. The van der Waals surface area contributed by atoms with Gasteiger partial charge in [0.15, 0.2) is 0 Å². The van der Waals surface area contributed by atoms with Gasteiger partial charge in [-0.05, 0) is 36.9 Å². The summed E-state index contributed by atoms with van der Waals surface area (Å²) in [5.41, 5.74) is 7.75. The van der Waals surface area contributed by atoms with Crippen LogP contribution >= 0.6 is 0 Å². The van der Waals surface area contributed by atoms with Crippen molar-refractivity contribution in [3.05, 3.63) is 23.8 Å². The van der Waals surface area contributed by atoms with E-state index >= 15 is 0 Å². The molecule has 1 unspecified atom stereocenters. The summed E-state index contributed by atoms with van der Waals surface area (Å²) in [5, 5.41) is 0. The van der Waals surface area contributed by atoms with E-state index < -0.39 is 0 Å². The van der Waals surface area contributed by atoms with E-state index in [-0.39, 0.29) is 11.8 Å². The Bertz CT molecular complexity index is 445. The minimum absolute atomic E-state index is 0.142. The number of hydrogen-bond acceptors (Lipinski definition) is 3. The smallest absolute Gasteiger partial charge is 0.227 e. The van der Waals surface area contributed by atoms with Gasteiger partial charge in [-0.1, -0.05) is 19.1 Å². The number of nitrogens with zero attached hydrogens (tertiary/aromatic N) is 1. The Hall–Kier alpha value is -1.55. The Labute approximate surface area is 114 Å². The molecule has 2 rings (SSSR count). The predicted molar refractivity (Wildman–Crippen MR) is 76.5 cm³/mol. The number of rotatable bonds is 4. The molecule has 0 radical (unpaired) electrons. The van der Waals surface area contributed by atoms with Crippen molar-refractivity contribution in [2.24, 2.45) is 11.7 Å². The minimum Gasteiger partial charge on any atom is -0.495 e. The number of aryl methyl sites for hydroxylation is 1. The van der Waals surface area contributed by atoms with Crippen LogP contribution in [0.15, 0.2) is 18.2 Å². The molecule has 0 aliphatic carbocycles. The van der Waals surface area contributed by atoms with E-state index in [1.165, 1.54) is 5.56 Å². The topological polar surface area (TPSA) is 55.6 Å². The molecular weight excluding hydrogens is 240 g/mol. The molecule has 1 aliphatic heterocycles. The molecule has 104 valence electrons. The molecule has 1 aromatic carbocycles. The molecule has 0 fully saturated rings. The number of anilines is 1. The van der Waals surface area contributed by atoms with Crippen LogP contribution in [0, 0.1) is 5.92 Å². The number of para-hydroxylation sites is 1. The van der Waals surface area contributed by atoms with Crippen molar-refractivity contribution in [2.45, 2.75) is 26.2 Å². The molecule has 19 heavy (non-hydrogen) atoms. The van der Waals surface area contributed by atoms with Crippen LogP contribution < -0.4 is 15.4 Å². The Morgan fingerprint density at radius 1 is 1.53 bits per heavy atom. The van der Waals surface area contributed by atoms with Gasteiger partial charge in [0, 0.05) is 13.0 Å². The number of methoxy groups -OCH3 is 1. The molecule has 0 saturated heterocycles. The third-order valence-electron chi connectivity index (χ3n) is 3.63. The van der Waals surface area contributed by atoms with Crippen LogP contribution in [0.4, 0.5) is 5.69 Å². The lowest BCUT2D eigenvalue weighted by molar-refractivity contribution is -0.119.